The second-order valence-corrected chi connectivity index (χ2v) is 10.5. The molecule has 0 bridgehead atoms. The maximum Gasteiger partial charge on any atom is 0.296 e. The first-order chi connectivity index (χ1) is 19.2. The molecule has 0 saturated carbocycles. The van der Waals surface area contributed by atoms with Crippen molar-refractivity contribution < 1.29 is 32.0 Å². The van der Waals surface area contributed by atoms with Crippen LogP contribution in [0.25, 0.3) is 10.8 Å². The van der Waals surface area contributed by atoms with Crippen molar-refractivity contribution in [1.82, 2.24) is 9.97 Å². The fraction of sp³-hybridized carbons (Fsp3) is 0.167. The van der Waals surface area contributed by atoms with Crippen molar-refractivity contribution in [3.05, 3.63) is 65.6 Å². The molecular weight excluding hydrogens is 587 g/mol. The van der Waals surface area contributed by atoms with Crippen LogP contribution in [-0.4, -0.2) is 41.3 Å². The van der Waals surface area contributed by atoms with Gasteiger partial charge in [-0.2, -0.15) is 22.8 Å². The number of hydrogen-bond acceptors (Lipinski definition) is 12. The Kier molecular flexibility index (Phi) is 9.47. The highest BCUT2D eigenvalue weighted by Gasteiger charge is 2.19. The summed E-state index contributed by atoms with van der Waals surface area (Å²) in [6, 6.07) is 14.1. The molecule has 0 aliphatic heterocycles. The number of benzene rings is 3. The predicted octanol–water partition coefficient (Wildman–Crippen LogP) is 7.10. The zero-order chi connectivity index (χ0) is 28.9. The van der Waals surface area contributed by atoms with Crippen molar-refractivity contribution in [1.29, 1.82) is 0 Å². The van der Waals surface area contributed by atoms with Crippen LogP contribution in [0, 0.1) is 5.95 Å². The van der Waals surface area contributed by atoms with E-state index in [2.05, 4.69) is 34.9 Å². The topological polar surface area (TPSA) is 159 Å². The quantitative estimate of drug-likeness (QED) is 0.0398. The van der Waals surface area contributed by atoms with E-state index in [9.17, 15) is 17.4 Å². The van der Waals surface area contributed by atoms with E-state index < -0.39 is 21.0 Å². The van der Waals surface area contributed by atoms with Crippen LogP contribution in [-0.2, 0) is 19.5 Å². The summed E-state index contributed by atoms with van der Waals surface area (Å²) in [4.78, 5) is 9.86. The summed E-state index contributed by atoms with van der Waals surface area (Å²) in [7, 11) is -4.63. The number of anilines is 3. The summed E-state index contributed by atoms with van der Waals surface area (Å²) in [5.74, 6) is -0.589. The standard InChI is InChI=1S/C24H22ClFN6O6S2/c1-3-32(4-2)24-28-22(26)21(25)23(29-24)27-17-10-11-18(16-8-6-5-7-15(16)17)30-31-19-13-14(39-38-37-33)9-12-20(19)40(34,35)36/h5-13,33H,3-4H2,1-2H3,(H,27,28,29)(H,34,35,36). The summed E-state index contributed by atoms with van der Waals surface area (Å²) in [5, 5.41) is 24.3. The van der Waals surface area contributed by atoms with E-state index in [1.54, 1.807) is 41.3 Å². The molecule has 0 aliphatic carbocycles. The van der Waals surface area contributed by atoms with Crippen molar-refractivity contribution in [2.24, 2.45) is 10.2 Å². The lowest BCUT2D eigenvalue weighted by molar-refractivity contribution is -0.432. The molecule has 0 aliphatic rings. The Balaban J connectivity index is 1.75. The smallest absolute Gasteiger partial charge is 0.296 e. The van der Waals surface area contributed by atoms with Gasteiger partial charge in [0.2, 0.25) is 11.9 Å². The minimum atomic E-state index is -4.63. The van der Waals surface area contributed by atoms with E-state index >= 15 is 0 Å². The van der Waals surface area contributed by atoms with Gasteiger partial charge in [-0.05, 0) is 44.2 Å². The van der Waals surface area contributed by atoms with Crippen LogP contribution in [0.2, 0.25) is 5.02 Å². The van der Waals surface area contributed by atoms with Crippen molar-refractivity contribution in [3.63, 3.8) is 0 Å². The molecule has 4 aromatic rings. The van der Waals surface area contributed by atoms with E-state index in [4.69, 9.17) is 16.9 Å². The van der Waals surface area contributed by atoms with Crippen LogP contribution in [0.4, 0.5) is 33.2 Å². The summed E-state index contributed by atoms with van der Waals surface area (Å²) in [5.41, 5.74) is 0.713. The highest BCUT2D eigenvalue weighted by molar-refractivity contribution is 7.94. The van der Waals surface area contributed by atoms with E-state index in [1.807, 2.05) is 13.8 Å². The third-order valence-electron chi connectivity index (χ3n) is 5.63. The lowest BCUT2D eigenvalue weighted by Crippen LogP contribution is -2.25. The van der Waals surface area contributed by atoms with Crippen LogP contribution in [0.5, 0.6) is 0 Å². The number of nitrogens with zero attached hydrogens (tertiary/aromatic N) is 5. The van der Waals surface area contributed by atoms with Gasteiger partial charge in [0.15, 0.2) is 5.82 Å². The lowest BCUT2D eigenvalue weighted by atomic mass is 10.1. The number of nitrogens with one attached hydrogen (secondary N) is 1. The fourth-order valence-electron chi connectivity index (χ4n) is 3.75. The Hall–Kier alpha value is -3.44. The molecule has 0 radical (unpaired) electrons. The van der Waals surface area contributed by atoms with Crippen molar-refractivity contribution in [2.45, 2.75) is 23.6 Å². The highest BCUT2D eigenvalue weighted by atomic mass is 35.5. The van der Waals surface area contributed by atoms with Gasteiger partial charge < -0.3 is 10.2 Å². The molecule has 3 aromatic carbocycles. The van der Waals surface area contributed by atoms with Gasteiger partial charge in [-0.25, -0.2) is 5.26 Å². The summed E-state index contributed by atoms with van der Waals surface area (Å²) >= 11 is 6.76. The van der Waals surface area contributed by atoms with Gasteiger partial charge in [-0.3, -0.25) is 4.55 Å². The number of fused-ring (bicyclic) bond motifs is 1. The first-order valence-corrected chi connectivity index (χ1v) is 14.2. The zero-order valence-electron chi connectivity index (χ0n) is 20.9. The summed E-state index contributed by atoms with van der Waals surface area (Å²) in [6.45, 7) is 4.95. The van der Waals surface area contributed by atoms with Crippen LogP contribution >= 0.6 is 23.6 Å². The van der Waals surface area contributed by atoms with Crippen LogP contribution in [0.1, 0.15) is 13.8 Å². The van der Waals surface area contributed by atoms with Gasteiger partial charge in [0.05, 0.1) is 17.7 Å². The average molecular weight is 609 g/mol. The van der Waals surface area contributed by atoms with Gasteiger partial charge in [-0.15, -0.1) is 14.6 Å². The maximum absolute atomic E-state index is 14.6. The number of aromatic nitrogens is 2. The van der Waals surface area contributed by atoms with Gasteiger partial charge in [0.1, 0.15) is 15.6 Å². The molecule has 1 heterocycles. The molecule has 4 rings (SSSR count). The monoisotopic (exact) mass is 608 g/mol. The molecule has 1 aromatic heterocycles. The second-order valence-electron chi connectivity index (χ2n) is 7.98. The predicted molar refractivity (Wildman–Crippen MR) is 149 cm³/mol. The first kappa shape index (κ1) is 29.5. The van der Waals surface area contributed by atoms with Crippen molar-refractivity contribution >= 4 is 73.4 Å². The molecule has 40 heavy (non-hydrogen) atoms. The molecular formula is C24H22ClFN6O6S2. The molecule has 0 spiro atoms. The van der Waals surface area contributed by atoms with E-state index in [1.165, 1.54) is 12.1 Å². The number of rotatable bonds is 11. The summed E-state index contributed by atoms with van der Waals surface area (Å²) < 4.78 is 52.3. The Morgan fingerprint density at radius 2 is 1.75 bits per heavy atom. The Bertz CT molecular complexity index is 1670. The van der Waals surface area contributed by atoms with E-state index in [0.717, 1.165) is 6.07 Å². The third kappa shape index (κ3) is 6.64. The van der Waals surface area contributed by atoms with Crippen LogP contribution < -0.4 is 10.2 Å². The Morgan fingerprint density at radius 3 is 2.42 bits per heavy atom. The molecule has 16 heteroatoms. The van der Waals surface area contributed by atoms with Gasteiger partial charge in [-0.1, -0.05) is 40.9 Å². The van der Waals surface area contributed by atoms with Gasteiger partial charge in [0.25, 0.3) is 10.1 Å². The van der Waals surface area contributed by atoms with Crippen LogP contribution in [0.3, 0.4) is 0 Å². The third-order valence-corrected chi connectivity index (χ3v) is 7.45. The SMILES string of the molecule is CCN(CC)c1nc(F)c(Cl)c(Nc2ccc(N=Nc3cc(SOOO)ccc3S(=O)(=O)O)c3ccccc23)n1. The molecule has 3 N–H and O–H groups in total. The molecule has 0 saturated heterocycles. The molecule has 210 valence electrons. The molecule has 12 nitrogen and oxygen atoms in total. The summed E-state index contributed by atoms with van der Waals surface area (Å²) in [6.07, 6.45) is 0. The molecule has 0 fully saturated rings. The van der Waals surface area contributed by atoms with E-state index in [-0.39, 0.29) is 22.5 Å². The number of azo groups is 1. The van der Waals surface area contributed by atoms with Gasteiger partial charge >= 0.3 is 0 Å². The lowest BCUT2D eigenvalue weighted by Gasteiger charge is -2.20. The largest absolute Gasteiger partial charge is 0.341 e. The minimum absolute atomic E-state index is 0.0804. The van der Waals surface area contributed by atoms with Crippen molar-refractivity contribution in [3.8, 4) is 0 Å². The fourth-order valence-corrected chi connectivity index (χ4v) is 4.88. The normalized spacial score (nSPS) is 11.8. The number of halogens is 2. The minimum Gasteiger partial charge on any atom is -0.341 e. The average Bonchev–Trinajstić information content (AvgIpc) is 2.94. The van der Waals surface area contributed by atoms with Gasteiger partial charge in [0, 0.05) is 34.4 Å². The number of hydrogen-bond donors (Lipinski definition) is 3. The second kappa shape index (κ2) is 12.8. The maximum atomic E-state index is 14.6. The van der Waals surface area contributed by atoms with Crippen molar-refractivity contribution in [2.75, 3.05) is 23.3 Å². The van der Waals surface area contributed by atoms with E-state index in [0.29, 0.717) is 52.2 Å². The molecule has 0 unspecified atom stereocenters. The molecule has 0 atom stereocenters. The Labute approximate surface area is 237 Å². The molecule has 0 amide bonds. The first-order valence-electron chi connectivity index (χ1n) is 11.6. The highest BCUT2D eigenvalue weighted by Crippen LogP contribution is 2.37. The Morgan fingerprint density at radius 1 is 1.05 bits per heavy atom. The van der Waals surface area contributed by atoms with Crippen LogP contribution in [0.15, 0.2) is 74.6 Å². The zero-order valence-corrected chi connectivity index (χ0v) is 23.3.